The zero-order valence-electron chi connectivity index (χ0n) is 16.6. The minimum Gasteiger partial charge on any atom is -0.406 e. The topological polar surface area (TPSA) is 96.1 Å². The zero-order chi connectivity index (χ0) is 22.9. The molecule has 3 heterocycles. The van der Waals surface area contributed by atoms with Gasteiger partial charge in [0.25, 0.3) is 0 Å². The fourth-order valence-electron chi connectivity index (χ4n) is 3.45. The molecular formula is C21H17F3N6O2. The van der Waals surface area contributed by atoms with Crippen LogP contribution in [-0.4, -0.2) is 40.1 Å². The molecule has 1 fully saturated rings. The van der Waals surface area contributed by atoms with Crippen LogP contribution in [0.2, 0.25) is 0 Å². The molecule has 0 radical (unpaired) electrons. The summed E-state index contributed by atoms with van der Waals surface area (Å²) in [5, 5.41) is 17.0. The van der Waals surface area contributed by atoms with Crippen LogP contribution in [0, 0.1) is 17.2 Å². The molecule has 0 aliphatic carbocycles. The van der Waals surface area contributed by atoms with Gasteiger partial charge < -0.3 is 15.0 Å². The van der Waals surface area contributed by atoms with E-state index in [1.807, 2.05) is 4.90 Å². The standard InChI is InChI=1S/C21H17F3N6O2/c1-2-18(31)27-10-16-19-17(29-11-13(9-25)12-29)7-8-26-20(19)30(28-16)14-3-5-15(6-4-14)32-21(22,23)24/h2-8,13H,1,10-12H2,(H,27,31). The fraction of sp³-hybridized carbons (Fsp3) is 0.238. The number of pyridine rings is 1. The Bertz CT molecular complexity index is 1210. The highest BCUT2D eigenvalue weighted by molar-refractivity contribution is 5.94. The molecular weight excluding hydrogens is 425 g/mol. The minimum atomic E-state index is -4.79. The molecule has 1 saturated heterocycles. The van der Waals surface area contributed by atoms with Crippen molar-refractivity contribution in [2.24, 2.45) is 5.92 Å². The van der Waals surface area contributed by atoms with Crippen LogP contribution in [0.1, 0.15) is 5.69 Å². The summed E-state index contributed by atoms with van der Waals surface area (Å²) in [5.74, 6) is -0.799. The number of carbonyl (C=O) groups is 1. The smallest absolute Gasteiger partial charge is 0.406 e. The van der Waals surface area contributed by atoms with Crippen LogP contribution >= 0.6 is 0 Å². The number of aromatic nitrogens is 3. The number of benzene rings is 1. The van der Waals surface area contributed by atoms with E-state index in [4.69, 9.17) is 5.26 Å². The first-order chi connectivity index (χ1) is 15.3. The number of alkyl halides is 3. The Labute approximate surface area is 180 Å². The van der Waals surface area contributed by atoms with E-state index < -0.39 is 6.36 Å². The van der Waals surface area contributed by atoms with E-state index in [0.29, 0.717) is 35.5 Å². The summed E-state index contributed by atoms with van der Waals surface area (Å²) in [5.41, 5.74) is 2.27. The second-order valence-electron chi connectivity index (χ2n) is 7.08. The van der Waals surface area contributed by atoms with Gasteiger partial charge in [-0.1, -0.05) is 6.58 Å². The monoisotopic (exact) mass is 442 g/mol. The molecule has 1 aromatic carbocycles. The second-order valence-corrected chi connectivity index (χ2v) is 7.08. The van der Waals surface area contributed by atoms with Crippen molar-refractivity contribution in [2.75, 3.05) is 18.0 Å². The van der Waals surface area contributed by atoms with Gasteiger partial charge in [-0.2, -0.15) is 10.4 Å². The molecule has 1 aliphatic heterocycles. The number of anilines is 1. The number of carbonyl (C=O) groups excluding carboxylic acids is 1. The summed E-state index contributed by atoms with van der Waals surface area (Å²) in [6, 6.07) is 9.27. The van der Waals surface area contributed by atoms with E-state index in [0.717, 1.165) is 11.8 Å². The molecule has 4 rings (SSSR count). The van der Waals surface area contributed by atoms with E-state index in [-0.39, 0.29) is 24.1 Å². The number of rotatable bonds is 6. The molecule has 32 heavy (non-hydrogen) atoms. The molecule has 11 heteroatoms. The lowest BCUT2D eigenvalue weighted by molar-refractivity contribution is -0.274. The van der Waals surface area contributed by atoms with Crippen molar-refractivity contribution in [3.63, 3.8) is 0 Å². The van der Waals surface area contributed by atoms with Gasteiger partial charge in [-0.3, -0.25) is 4.79 Å². The van der Waals surface area contributed by atoms with Crippen molar-refractivity contribution in [1.82, 2.24) is 20.1 Å². The van der Waals surface area contributed by atoms with Crippen molar-refractivity contribution in [3.05, 3.63) is 54.9 Å². The molecule has 1 amide bonds. The second kappa shape index (κ2) is 8.22. The summed E-state index contributed by atoms with van der Waals surface area (Å²) >= 11 is 0. The maximum absolute atomic E-state index is 12.5. The van der Waals surface area contributed by atoms with Gasteiger partial charge in [-0.25, -0.2) is 9.67 Å². The molecule has 2 aromatic heterocycles. The molecule has 1 aliphatic rings. The van der Waals surface area contributed by atoms with Gasteiger partial charge in [0.1, 0.15) is 5.75 Å². The van der Waals surface area contributed by atoms with E-state index in [1.54, 1.807) is 12.3 Å². The molecule has 164 valence electrons. The lowest BCUT2D eigenvalue weighted by Gasteiger charge is -2.37. The quantitative estimate of drug-likeness (QED) is 0.590. The first-order valence-corrected chi connectivity index (χ1v) is 9.56. The van der Waals surface area contributed by atoms with Crippen molar-refractivity contribution in [1.29, 1.82) is 5.26 Å². The summed E-state index contributed by atoms with van der Waals surface area (Å²) < 4.78 is 42.8. The number of nitriles is 1. The predicted octanol–water partition coefficient (Wildman–Crippen LogP) is 3.08. The average molecular weight is 442 g/mol. The Morgan fingerprint density at radius 2 is 2.03 bits per heavy atom. The highest BCUT2D eigenvalue weighted by Gasteiger charge is 2.31. The third-order valence-electron chi connectivity index (χ3n) is 4.95. The van der Waals surface area contributed by atoms with E-state index in [2.05, 4.69) is 32.8 Å². The largest absolute Gasteiger partial charge is 0.573 e. The molecule has 8 nitrogen and oxygen atoms in total. The summed E-state index contributed by atoms with van der Waals surface area (Å²) in [7, 11) is 0. The average Bonchev–Trinajstić information content (AvgIpc) is 3.10. The van der Waals surface area contributed by atoms with Gasteiger partial charge in [-0.15, -0.1) is 13.2 Å². The maximum atomic E-state index is 12.5. The lowest BCUT2D eigenvalue weighted by atomic mass is 10.0. The molecule has 0 bridgehead atoms. The van der Waals surface area contributed by atoms with Crippen LogP contribution in [0.15, 0.2) is 49.2 Å². The maximum Gasteiger partial charge on any atom is 0.573 e. The Balaban J connectivity index is 1.75. The van der Waals surface area contributed by atoms with Gasteiger partial charge in [0.2, 0.25) is 5.91 Å². The Kier molecular flexibility index (Phi) is 5.44. The first kappa shape index (κ1) is 21.2. The number of nitrogens with zero attached hydrogens (tertiary/aromatic N) is 5. The van der Waals surface area contributed by atoms with Gasteiger partial charge in [0.15, 0.2) is 5.65 Å². The van der Waals surface area contributed by atoms with Gasteiger partial charge in [0.05, 0.1) is 41.0 Å². The summed E-state index contributed by atoms with van der Waals surface area (Å²) in [4.78, 5) is 18.1. The van der Waals surface area contributed by atoms with Crippen LogP contribution < -0.4 is 15.0 Å². The number of ether oxygens (including phenoxy) is 1. The third kappa shape index (κ3) is 4.20. The molecule has 1 N–H and O–H groups in total. The van der Waals surface area contributed by atoms with Crippen molar-refractivity contribution >= 4 is 22.6 Å². The van der Waals surface area contributed by atoms with E-state index in [9.17, 15) is 18.0 Å². The fourth-order valence-corrected chi connectivity index (χ4v) is 3.45. The van der Waals surface area contributed by atoms with Crippen LogP contribution in [-0.2, 0) is 11.3 Å². The summed E-state index contributed by atoms with van der Waals surface area (Å²) in [6.45, 7) is 4.64. The highest BCUT2D eigenvalue weighted by atomic mass is 19.4. The van der Waals surface area contributed by atoms with Gasteiger partial charge in [0, 0.05) is 19.3 Å². The van der Waals surface area contributed by atoms with E-state index in [1.165, 1.54) is 28.9 Å². The highest BCUT2D eigenvalue weighted by Crippen LogP contribution is 2.34. The molecule has 0 saturated carbocycles. The molecule has 0 atom stereocenters. The Morgan fingerprint density at radius 3 is 2.66 bits per heavy atom. The van der Waals surface area contributed by atoms with Crippen LogP contribution in [0.4, 0.5) is 18.9 Å². The third-order valence-corrected chi connectivity index (χ3v) is 4.95. The van der Waals surface area contributed by atoms with Gasteiger partial charge >= 0.3 is 6.36 Å². The summed E-state index contributed by atoms with van der Waals surface area (Å²) in [6.07, 6.45) is -2.04. The number of amides is 1. The number of fused-ring (bicyclic) bond motifs is 1. The Morgan fingerprint density at radius 1 is 1.31 bits per heavy atom. The van der Waals surface area contributed by atoms with Crippen molar-refractivity contribution in [3.8, 4) is 17.5 Å². The number of halogens is 3. The predicted molar refractivity (Wildman–Crippen MR) is 109 cm³/mol. The van der Waals surface area contributed by atoms with Gasteiger partial charge in [-0.05, 0) is 36.4 Å². The molecule has 3 aromatic rings. The van der Waals surface area contributed by atoms with Crippen LogP contribution in [0.5, 0.6) is 5.75 Å². The van der Waals surface area contributed by atoms with Crippen LogP contribution in [0.3, 0.4) is 0 Å². The SMILES string of the molecule is C=CC(=O)NCc1nn(-c2ccc(OC(F)(F)F)cc2)c2nccc(N3CC(C#N)C3)c12. The molecule has 0 spiro atoms. The number of nitrogens with one attached hydrogen (secondary N) is 1. The number of hydrogen-bond donors (Lipinski definition) is 1. The first-order valence-electron chi connectivity index (χ1n) is 9.56. The minimum absolute atomic E-state index is 0.0710. The van der Waals surface area contributed by atoms with Crippen molar-refractivity contribution < 1.29 is 22.7 Å². The normalized spacial score (nSPS) is 14.0. The van der Waals surface area contributed by atoms with Crippen molar-refractivity contribution in [2.45, 2.75) is 12.9 Å². The number of hydrogen-bond acceptors (Lipinski definition) is 6. The Hall–Kier alpha value is -4.07. The molecule has 0 unspecified atom stereocenters. The zero-order valence-corrected chi connectivity index (χ0v) is 16.6. The van der Waals surface area contributed by atoms with E-state index >= 15 is 0 Å². The lowest BCUT2D eigenvalue weighted by Crippen LogP contribution is -2.46. The van der Waals surface area contributed by atoms with Crippen LogP contribution in [0.25, 0.3) is 16.7 Å².